The van der Waals surface area contributed by atoms with Gasteiger partial charge in [-0.05, 0) is 30.7 Å². The summed E-state index contributed by atoms with van der Waals surface area (Å²) in [4.78, 5) is 0. The van der Waals surface area contributed by atoms with Crippen molar-refractivity contribution in [3.8, 4) is 0 Å². The van der Waals surface area contributed by atoms with Gasteiger partial charge in [0.25, 0.3) is 0 Å². The maximum atomic E-state index is 11.3. The van der Waals surface area contributed by atoms with Crippen LogP contribution in [0.2, 0.25) is 0 Å². The van der Waals surface area contributed by atoms with Crippen molar-refractivity contribution in [2.75, 3.05) is 18.6 Å². The normalized spacial score (nSPS) is 12.1. The van der Waals surface area contributed by atoms with E-state index in [0.717, 1.165) is 25.0 Å². The molecular weight excluding hydrogens is 272 g/mol. The molecule has 2 rings (SSSR count). The van der Waals surface area contributed by atoms with Gasteiger partial charge in [-0.15, -0.1) is 0 Å². The standard InChI is InChI=1S/C15H22N2O2S/c1-3-8-16-12-13-5-4-6-15-14(13)7-9-17(15)10-11-20(2,18)19/h4-7,9,16H,3,8,10-12H2,1-2H3. The molecule has 0 fully saturated rings. The van der Waals surface area contributed by atoms with Crippen molar-refractivity contribution in [2.24, 2.45) is 0 Å². The van der Waals surface area contributed by atoms with Crippen molar-refractivity contribution < 1.29 is 8.42 Å². The van der Waals surface area contributed by atoms with E-state index < -0.39 is 9.84 Å². The molecule has 0 aliphatic carbocycles. The number of hydrogen-bond acceptors (Lipinski definition) is 3. The number of sulfone groups is 1. The number of benzene rings is 1. The second kappa shape index (κ2) is 6.41. The molecule has 1 aromatic heterocycles. The van der Waals surface area contributed by atoms with Crippen LogP contribution < -0.4 is 5.32 Å². The van der Waals surface area contributed by atoms with Gasteiger partial charge in [-0.1, -0.05) is 19.1 Å². The van der Waals surface area contributed by atoms with Gasteiger partial charge in [0, 0.05) is 36.4 Å². The van der Waals surface area contributed by atoms with E-state index in [-0.39, 0.29) is 5.75 Å². The number of rotatable bonds is 7. The fourth-order valence-electron chi connectivity index (χ4n) is 2.30. The highest BCUT2D eigenvalue weighted by Gasteiger charge is 2.07. The molecule has 0 aliphatic heterocycles. The lowest BCUT2D eigenvalue weighted by Gasteiger charge is -2.07. The molecule has 0 radical (unpaired) electrons. The fraction of sp³-hybridized carbons (Fsp3) is 0.467. The van der Waals surface area contributed by atoms with Crippen LogP contribution in [0.15, 0.2) is 30.5 Å². The molecule has 1 heterocycles. The number of aromatic nitrogens is 1. The zero-order chi connectivity index (χ0) is 14.6. The van der Waals surface area contributed by atoms with Gasteiger partial charge in [0.2, 0.25) is 0 Å². The van der Waals surface area contributed by atoms with Gasteiger partial charge < -0.3 is 9.88 Å². The Morgan fingerprint density at radius 1 is 1.25 bits per heavy atom. The van der Waals surface area contributed by atoms with Gasteiger partial charge in [-0.2, -0.15) is 0 Å². The van der Waals surface area contributed by atoms with Crippen LogP contribution in [-0.2, 0) is 22.9 Å². The summed E-state index contributed by atoms with van der Waals surface area (Å²) in [5, 5.41) is 4.60. The van der Waals surface area contributed by atoms with Crippen LogP contribution in [0.4, 0.5) is 0 Å². The Labute approximate surface area is 120 Å². The maximum Gasteiger partial charge on any atom is 0.149 e. The average Bonchev–Trinajstić information content (AvgIpc) is 2.80. The van der Waals surface area contributed by atoms with Crippen molar-refractivity contribution in [3.63, 3.8) is 0 Å². The zero-order valence-corrected chi connectivity index (χ0v) is 12.9. The highest BCUT2D eigenvalue weighted by molar-refractivity contribution is 7.90. The number of aryl methyl sites for hydroxylation is 1. The third-order valence-corrected chi connectivity index (χ3v) is 4.27. The molecule has 110 valence electrons. The average molecular weight is 294 g/mol. The van der Waals surface area contributed by atoms with E-state index in [1.807, 2.05) is 22.9 Å². The van der Waals surface area contributed by atoms with Gasteiger partial charge in [0.1, 0.15) is 9.84 Å². The zero-order valence-electron chi connectivity index (χ0n) is 12.1. The van der Waals surface area contributed by atoms with Gasteiger partial charge in [0.05, 0.1) is 5.75 Å². The van der Waals surface area contributed by atoms with Crippen molar-refractivity contribution in [1.82, 2.24) is 9.88 Å². The smallest absolute Gasteiger partial charge is 0.149 e. The van der Waals surface area contributed by atoms with E-state index >= 15 is 0 Å². The first kappa shape index (κ1) is 15.1. The molecule has 5 heteroatoms. The van der Waals surface area contributed by atoms with Gasteiger partial charge in [-0.25, -0.2) is 8.42 Å². The Kier molecular flexibility index (Phi) is 4.83. The number of nitrogens with one attached hydrogen (secondary N) is 1. The lowest BCUT2D eigenvalue weighted by molar-refractivity contribution is 0.596. The molecule has 0 saturated carbocycles. The first-order valence-electron chi connectivity index (χ1n) is 6.96. The molecule has 0 spiro atoms. The number of hydrogen-bond donors (Lipinski definition) is 1. The van der Waals surface area contributed by atoms with Crippen molar-refractivity contribution >= 4 is 20.7 Å². The summed E-state index contributed by atoms with van der Waals surface area (Å²) in [5.74, 6) is 0.176. The highest BCUT2D eigenvalue weighted by Crippen LogP contribution is 2.20. The van der Waals surface area contributed by atoms with E-state index in [0.29, 0.717) is 6.54 Å². The molecular formula is C15H22N2O2S. The Morgan fingerprint density at radius 2 is 2.05 bits per heavy atom. The SMILES string of the molecule is CCCNCc1cccc2c1ccn2CCS(C)(=O)=O. The second-order valence-corrected chi connectivity index (χ2v) is 7.43. The van der Waals surface area contributed by atoms with Crippen molar-refractivity contribution in [2.45, 2.75) is 26.4 Å². The lowest BCUT2D eigenvalue weighted by atomic mass is 10.1. The number of fused-ring (bicyclic) bond motifs is 1. The summed E-state index contributed by atoms with van der Waals surface area (Å²) in [6, 6.07) is 8.26. The van der Waals surface area contributed by atoms with Crippen LogP contribution in [0.25, 0.3) is 10.9 Å². The largest absolute Gasteiger partial charge is 0.346 e. The Bertz CT molecular complexity index is 674. The summed E-state index contributed by atoms with van der Waals surface area (Å²) in [5.41, 5.74) is 2.36. The van der Waals surface area contributed by atoms with Crippen LogP contribution in [0.3, 0.4) is 0 Å². The fourth-order valence-corrected chi connectivity index (χ4v) is 2.83. The minimum atomic E-state index is -2.93. The Morgan fingerprint density at radius 3 is 2.75 bits per heavy atom. The molecule has 1 aromatic carbocycles. The van der Waals surface area contributed by atoms with Crippen molar-refractivity contribution in [3.05, 3.63) is 36.0 Å². The van der Waals surface area contributed by atoms with Crippen LogP contribution >= 0.6 is 0 Å². The summed E-state index contributed by atoms with van der Waals surface area (Å²) < 4.78 is 24.6. The van der Waals surface area contributed by atoms with Crippen LogP contribution in [0, 0.1) is 0 Å². The molecule has 0 atom stereocenters. The lowest BCUT2D eigenvalue weighted by Crippen LogP contribution is -2.14. The molecule has 0 amide bonds. The minimum Gasteiger partial charge on any atom is -0.346 e. The van der Waals surface area contributed by atoms with Gasteiger partial charge >= 0.3 is 0 Å². The summed E-state index contributed by atoms with van der Waals surface area (Å²) in [6.45, 7) is 4.51. The van der Waals surface area contributed by atoms with E-state index in [9.17, 15) is 8.42 Å². The molecule has 4 nitrogen and oxygen atoms in total. The van der Waals surface area contributed by atoms with E-state index in [4.69, 9.17) is 0 Å². The summed E-state index contributed by atoms with van der Waals surface area (Å²) in [7, 11) is -2.93. The monoisotopic (exact) mass is 294 g/mol. The third kappa shape index (κ3) is 3.84. The third-order valence-electron chi connectivity index (χ3n) is 3.35. The van der Waals surface area contributed by atoms with Gasteiger partial charge in [0.15, 0.2) is 0 Å². The van der Waals surface area contributed by atoms with Crippen LogP contribution in [-0.4, -0.2) is 31.5 Å². The van der Waals surface area contributed by atoms with E-state index in [2.05, 4.69) is 24.4 Å². The maximum absolute atomic E-state index is 11.3. The van der Waals surface area contributed by atoms with Gasteiger partial charge in [-0.3, -0.25) is 0 Å². The first-order chi connectivity index (χ1) is 9.51. The summed E-state index contributed by atoms with van der Waals surface area (Å²) >= 11 is 0. The quantitative estimate of drug-likeness (QED) is 0.796. The molecule has 0 bridgehead atoms. The van der Waals surface area contributed by atoms with Crippen LogP contribution in [0.1, 0.15) is 18.9 Å². The molecule has 1 N–H and O–H groups in total. The molecule has 0 unspecified atom stereocenters. The molecule has 0 aliphatic rings. The highest BCUT2D eigenvalue weighted by atomic mass is 32.2. The second-order valence-electron chi connectivity index (χ2n) is 5.17. The Balaban J connectivity index is 2.20. The first-order valence-corrected chi connectivity index (χ1v) is 9.02. The predicted molar refractivity (Wildman–Crippen MR) is 83.6 cm³/mol. The van der Waals surface area contributed by atoms with Crippen molar-refractivity contribution in [1.29, 1.82) is 0 Å². The predicted octanol–water partition coefficient (Wildman–Crippen LogP) is 2.19. The van der Waals surface area contributed by atoms with E-state index in [1.165, 1.54) is 17.2 Å². The van der Waals surface area contributed by atoms with Crippen LogP contribution in [0.5, 0.6) is 0 Å². The topological polar surface area (TPSA) is 51.1 Å². The summed E-state index contributed by atoms with van der Waals surface area (Å²) in [6.07, 6.45) is 4.36. The Hall–Kier alpha value is -1.33. The molecule has 20 heavy (non-hydrogen) atoms. The minimum absolute atomic E-state index is 0.176. The number of nitrogens with zero attached hydrogens (tertiary/aromatic N) is 1. The molecule has 0 saturated heterocycles. The molecule has 2 aromatic rings. The van der Waals surface area contributed by atoms with E-state index in [1.54, 1.807) is 0 Å².